The van der Waals surface area contributed by atoms with E-state index in [2.05, 4.69) is 25.5 Å². The molecular formula is C20H20F3N5O2. The molecule has 0 aliphatic heterocycles. The Morgan fingerprint density at radius 3 is 2.47 bits per heavy atom. The van der Waals surface area contributed by atoms with Gasteiger partial charge in [-0.15, -0.1) is 18.3 Å². The summed E-state index contributed by atoms with van der Waals surface area (Å²) in [6, 6.07) is 10.8. The molecule has 0 spiro atoms. The van der Waals surface area contributed by atoms with Crippen molar-refractivity contribution in [1.29, 1.82) is 0 Å². The number of anilines is 2. The van der Waals surface area contributed by atoms with Crippen molar-refractivity contribution in [3.8, 4) is 11.4 Å². The van der Waals surface area contributed by atoms with E-state index in [0.717, 1.165) is 17.1 Å². The van der Waals surface area contributed by atoms with E-state index in [4.69, 9.17) is 0 Å². The van der Waals surface area contributed by atoms with Gasteiger partial charge in [0.1, 0.15) is 5.75 Å². The summed E-state index contributed by atoms with van der Waals surface area (Å²) in [5, 5.41) is 10.0. The number of carbonyl (C=O) groups excluding carboxylic acids is 1. The lowest BCUT2D eigenvalue weighted by Crippen LogP contribution is -2.21. The van der Waals surface area contributed by atoms with Gasteiger partial charge in [0.25, 0.3) is 0 Å². The minimum atomic E-state index is -4.78. The molecule has 2 heterocycles. The van der Waals surface area contributed by atoms with Crippen LogP contribution >= 0.6 is 0 Å². The Kier molecular flexibility index (Phi) is 5.95. The van der Waals surface area contributed by atoms with Crippen molar-refractivity contribution in [1.82, 2.24) is 20.1 Å². The molecule has 3 rings (SSSR count). The van der Waals surface area contributed by atoms with Gasteiger partial charge in [-0.05, 0) is 38.1 Å². The Hall–Kier alpha value is -3.56. The number of pyridine rings is 1. The zero-order chi connectivity index (χ0) is 21.9. The van der Waals surface area contributed by atoms with Gasteiger partial charge in [0.2, 0.25) is 5.91 Å². The van der Waals surface area contributed by atoms with E-state index in [-0.39, 0.29) is 18.1 Å². The predicted molar refractivity (Wildman–Crippen MR) is 105 cm³/mol. The van der Waals surface area contributed by atoms with Crippen molar-refractivity contribution < 1.29 is 22.7 Å². The number of aromatic nitrogens is 3. The lowest BCUT2D eigenvalue weighted by atomic mass is 10.2. The van der Waals surface area contributed by atoms with Gasteiger partial charge in [-0.1, -0.05) is 6.07 Å². The Labute approximate surface area is 170 Å². The third kappa shape index (κ3) is 5.49. The molecule has 0 fully saturated rings. The number of hydrogen-bond donors (Lipinski definition) is 2. The molecule has 0 saturated carbocycles. The first kappa shape index (κ1) is 21.2. The van der Waals surface area contributed by atoms with Crippen molar-refractivity contribution in [2.75, 3.05) is 12.4 Å². The summed E-state index contributed by atoms with van der Waals surface area (Å²) in [6.07, 6.45) is -4.71. The van der Waals surface area contributed by atoms with Crippen LogP contribution in [-0.2, 0) is 11.2 Å². The number of nitrogens with zero attached hydrogens (tertiary/aromatic N) is 3. The number of carbonyl (C=O) groups is 1. The van der Waals surface area contributed by atoms with Gasteiger partial charge in [-0.2, -0.15) is 0 Å². The SMILES string of the molecule is CNC(=O)Cc1cc(Nc2cccc(OC(F)(F)F)c2)nn1-c1cc(C)nc(C)c1. The van der Waals surface area contributed by atoms with E-state index in [1.165, 1.54) is 25.2 Å². The van der Waals surface area contributed by atoms with Gasteiger partial charge < -0.3 is 15.4 Å². The molecule has 0 bridgehead atoms. The van der Waals surface area contributed by atoms with Crippen LogP contribution in [0.25, 0.3) is 5.69 Å². The highest BCUT2D eigenvalue weighted by atomic mass is 19.4. The Bertz CT molecular complexity index is 1040. The lowest BCUT2D eigenvalue weighted by molar-refractivity contribution is -0.274. The van der Waals surface area contributed by atoms with Crippen LogP contribution in [0.5, 0.6) is 5.75 Å². The fourth-order valence-corrected chi connectivity index (χ4v) is 2.94. The summed E-state index contributed by atoms with van der Waals surface area (Å²) in [5.41, 5.74) is 3.26. The van der Waals surface area contributed by atoms with Crippen molar-refractivity contribution in [3.05, 3.63) is 59.5 Å². The first-order valence-corrected chi connectivity index (χ1v) is 9.01. The molecule has 1 aromatic carbocycles. The highest BCUT2D eigenvalue weighted by molar-refractivity contribution is 5.78. The largest absolute Gasteiger partial charge is 0.573 e. The topological polar surface area (TPSA) is 81.1 Å². The maximum absolute atomic E-state index is 12.5. The summed E-state index contributed by atoms with van der Waals surface area (Å²) in [4.78, 5) is 16.3. The number of alkyl halides is 3. The molecule has 1 amide bonds. The van der Waals surface area contributed by atoms with E-state index in [0.29, 0.717) is 17.2 Å². The molecular weight excluding hydrogens is 399 g/mol. The molecule has 7 nitrogen and oxygen atoms in total. The smallest absolute Gasteiger partial charge is 0.406 e. The highest BCUT2D eigenvalue weighted by Crippen LogP contribution is 2.27. The summed E-state index contributed by atoms with van der Waals surface area (Å²) in [7, 11) is 1.54. The quantitative estimate of drug-likeness (QED) is 0.635. The average Bonchev–Trinajstić information content (AvgIpc) is 3.01. The number of ether oxygens (including phenoxy) is 1. The second-order valence-corrected chi connectivity index (χ2v) is 6.59. The Balaban J connectivity index is 1.94. The summed E-state index contributed by atoms with van der Waals surface area (Å²) in [6.45, 7) is 3.70. The first-order valence-electron chi connectivity index (χ1n) is 9.01. The van der Waals surface area contributed by atoms with Crippen LogP contribution in [0.2, 0.25) is 0 Å². The molecule has 0 atom stereocenters. The van der Waals surface area contributed by atoms with Crippen molar-refractivity contribution >= 4 is 17.4 Å². The summed E-state index contributed by atoms with van der Waals surface area (Å²) >= 11 is 0. The maximum atomic E-state index is 12.5. The molecule has 0 radical (unpaired) electrons. The average molecular weight is 419 g/mol. The van der Waals surface area contributed by atoms with Gasteiger partial charge in [0, 0.05) is 36.3 Å². The summed E-state index contributed by atoms with van der Waals surface area (Å²) in [5.74, 6) is -0.186. The fourth-order valence-electron chi connectivity index (χ4n) is 2.94. The number of hydrogen-bond acceptors (Lipinski definition) is 5. The van der Waals surface area contributed by atoms with E-state index in [1.807, 2.05) is 26.0 Å². The zero-order valence-corrected chi connectivity index (χ0v) is 16.5. The molecule has 2 aromatic heterocycles. The highest BCUT2D eigenvalue weighted by Gasteiger charge is 2.31. The number of likely N-dealkylation sites (N-methyl/N-ethyl adjacent to an activating group) is 1. The van der Waals surface area contributed by atoms with Gasteiger partial charge in [0.05, 0.1) is 17.8 Å². The van der Waals surface area contributed by atoms with E-state index in [1.54, 1.807) is 16.8 Å². The van der Waals surface area contributed by atoms with Crippen LogP contribution in [0.4, 0.5) is 24.7 Å². The molecule has 2 N–H and O–H groups in total. The second-order valence-electron chi connectivity index (χ2n) is 6.59. The van der Waals surface area contributed by atoms with Gasteiger partial charge >= 0.3 is 6.36 Å². The number of rotatable bonds is 6. The van der Waals surface area contributed by atoms with Gasteiger partial charge in [-0.25, -0.2) is 4.68 Å². The molecule has 158 valence electrons. The Morgan fingerprint density at radius 1 is 1.13 bits per heavy atom. The predicted octanol–water partition coefficient (Wildman–Crippen LogP) is 3.81. The maximum Gasteiger partial charge on any atom is 0.573 e. The third-order valence-electron chi connectivity index (χ3n) is 4.05. The van der Waals surface area contributed by atoms with Crippen LogP contribution in [0.3, 0.4) is 0 Å². The molecule has 3 aromatic rings. The Morgan fingerprint density at radius 2 is 1.83 bits per heavy atom. The zero-order valence-electron chi connectivity index (χ0n) is 16.5. The number of halogens is 3. The van der Waals surface area contributed by atoms with Crippen molar-refractivity contribution in [3.63, 3.8) is 0 Å². The second kappa shape index (κ2) is 8.44. The van der Waals surface area contributed by atoms with E-state index < -0.39 is 6.36 Å². The number of aryl methyl sites for hydroxylation is 2. The lowest BCUT2D eigenvalue weighted by Gasteiger charge is -2.10. The van der Waals surface area contributed by atoms with Crippen LogP contribution in [0.15, 0.2) is 42.5 Å². The third-order valence-corrected chi connectivity index (χ3v) is 4.05. The molecule has 0 unspecified atom stereocenters. The monoisotopic (exact) mass is 419 g/mol. The molecule has 30 heavy (non-hydrogen) atoms. The number of benzene rings is 1. The first-order chi connectivity index (χ1) is 14.1. The van der Waals surface area contributed by atoms with Gasteiger partial charge in [-0.3, -0.25) is 9.78 Å². The van der Waals surface area contributed by atoms with E-state index in [9.17, 15) is 18.0 Å². The standard InChI is InChI=1S/C20H20F3N5O2/c1-12-7-15(8-13(2)25-12)28-16(11-19(29)24-3)10-18(27-28)26-14-5-4-6-17(9-14)30-20(21,22)23/h4-10H,11H2,1-3H3,(H,24,29)(H,26,27). The van der Waals surface area contributed by atoms with E-state index >= 15 is 0 Å². The minimum Gasteiger partial charge on any atom is -0.406 e. The molecule has 10 heteroatoms. The normalized spacial score (nSPS) is 11.3. The van der Waals surface area contributed by atoms with Gasteiger partial charge in [0.15, 0.2) is 5.82 Å². The van der Waals surface area contributed by atoms with Crippen LogP contribution in [0, 0.1) is 13.8 Å². The van der Waals surface area contributed by atoms with Crippen LogP contribution < -0.4 is 15.4 Å². The molecule has 0 aliphatic carbocycles. The molecule has 0 saturated heterocycles. The van der Waals surface area contributed by atoms with Crippen LogP contribution in [-0.4, -0.2) is 34.1 Å². The fraction of sp³-hybridized carbons (Fsp3) is 0.250. The van der Waals surface area contributed by atoms with Crippen molar-refractivity contribution in [2.24, 2.45) is 0 Å². The molecule has 0 aliphatic rings. The van der Waals surface area contributed by atoms with Crippen molar-refractivity contribution in [2.45, 2.75) is 26.6 Å². The minimum absolute atomic E-state index is 0.0722. The summed E-state index contributed by atoms with van der Waals surface area (Å²) < 4.78 is 42.9. The number of nitrogens with one attached hydrogen (secondary N) is 2. The van der Waals surface area contributed by atoms with Crippen LogP contribution in [0.1, 0.15) is 17.1 Å². The number of amides is 1.